The molecule has 2 aromatic carbocycles. The summed E-state index contributed by atoms with van der Waals surface area (Å²) >= 11 is 1.71. The van der Waals surface area contributed by atoms with E-state index in [1.165, 1.54) is 29.8 Å². The average molecular weight is 934 g/mol. The molecule has 6 heterocycles. The lowest BCUT2D eigenvalue weighted by Gasteiger charge is -1.99. The van der Waals surface area contributed by atoms with Crippen LogP contribution in [-0.2, 0) is 7.05 Å². The molecule has 0 spiro atoms. The minimum absolute atomic E-state index is 1.06. The van der Waals surface area contributed by atoms with Gasteiger partial charge in [-0.15, -0.1) is 0 Å². The molecule has 8 aromatic rings. The molecule has 0 unspecified atom stereocenters. The largest absolute Gasteiger partial charge is 0.473 e. The maximum atomic E-state index is 4.58. The van der Waals surface area contributed by atoms with Crippen molar-refractivity contribution in [3.8, 4) is 0 Å². The van der Waals surface area contributed by atoms with E-state index in [9.17, 15) is 0 Å². The van der Waals surface area contributed by atoms with E-state index < -0.39 is 0 Å². The molecule has 66 heavy (non-hydrogen) atoms. The van der Waals surface area contributed by atoms with Gasteiger partial charge in [-0.1, -0.05) is 221 Å². The number of pyridine rings is 2. The van der Waals surface area contributed by atoms with Crippen molar-refractivity contribution in [1.82, 2.24) is 29.5 Å². The second-order valence-electron chi connectivity index (χ2n) is 8.13. The van der Waals surface area contributed by atoms with Gasteiger partial charge < -0.3 is 8.98 Å². The summed E-state index contributed by atoms with van der Waals surface area (Å²) in [6, 6.07) is 36.0. The third-order valence-electron chi connectivity index (χ3n) is 5.00. The van der Waals surface area contributed by atoms with E-state index in [1.54, 1.807) is 36.3 Å². The van der Waals surface area contributed by atoms with E-state index in [2.05, 4.69) is 47.5 Å². The fourth-order valence-corrected chi connectivity index (χ4v) is 3.57. The normalized spacial score (nSPS) is 6.86. The zero-order chi connectivity index (χ0) is 53.3. The molecule has 0 bridgehead atoms. The number of hydrogen-bond acceptors (Lipinski definition) is 7. The van der Waals surface area contributed by atoms with Crippen molar-refractivity contribution in [3.05, 3.63) is 176 Å². The zero-order valence-corrected chi connectivity index (χ0v) is 48.1. The van der Waals surface area contributed by atoms with Crippen molar-refractivity contribution in [2.45, 2.75) is 166 Å². The standard InChI is InChI=1S/C13H9N.C5H7N.C5H5N.C4H4O.C4H4S.C3H3N3.12C2H6/c1-3-7-12-10(5-1)9-11-6-2-4-8-13(11)14-12;1-6-4-2-3-5-6;1-2-4-6-5-3-1;2*1-2-4-5-3-1;1-4-2-6-3-5-1;12*1-2/h1-9H;2-5H,1H3;1-5H;2*1-4H;1-3H;12*1-2H3. The number of para-hydroxylation sites is 2. The predicted molar refractivity (Wildman–Crippen MR) is 308 cm³/mol. The molecule has 0 aliphatic heterocycles. The second-order valence-corrected chi connectivity index (χ2v) is 8.94. The fraction of sp³-hybridized carbons (Fsp3) is 0.431. The third-order valence-corrected chi connectivity index (χ3v) is 5.62. The molecule has 0 atom stereocenters. The summed E-state index contributed by atoms with van der Waals surface area (Å²) in [6.07, 6.45) is 15.1. The third kappa shape index (κ3) is 67.6. The van der Waals surface area contributed by atoms with Gasteiger partial charge in [0.15, 0.2) is 0 Å². The summed E-state index contributed by atoms with van der Waals surface area (Å²) in [4.78, 5) is 19.0. The molecular weight excluding hydrogens is 829 g/mol. The maximum Gasteiger partial charge on any atom is 0.119 e. The lowest BCUT2D eigenvalue weighted by Crippen LogP contribution is -1.80. The van der Waals surface area contributed by atoms with Crippen LogP contribution in [0.3, 0.4) is 0 Å². The first-order valence-electron chi connectivity index (χ1n) is 25.0. The Morgan fingerprint density at radius 3 is 0.894 bits per heavy atom. The maximum absolute atomic E-state index is 4.58. The minimum atomic E-state index is 1.06. The average Bonchev–Trinajstić information content (AvgIpc) is 4.34. The van der Waals surface area contributed by atoms with Crippen LogP contribution in [0.1, 0.15) is 166 Å². The van der Waals surface area contributed by atoms with Crippen LogP contribution in [-0.4, -0.2) is 29.5 Å². The van der Waals surface area contributed by atoms with Crippen LogP contribution < -0.4 is 0 Å². The number of hydrogen-bond donors (Lipinski definition) is 0. The van der Waals surface area contributed by atoms with Gasteiger partial charge in [0.2, 0.25) is 0 Å². The monoisotopic (exact) mass is 933 g/mol. The van der Waals surface area contributed by atoms with E-state index in [-0.39, 0.29) is 0 Å². The second kappa shape index (κ2) is 98.4. The van der Waals surface area contributed by atoms with Crippen LogP contribution in [0, 0.1) is 0 Å². The van der Waals surface area contributed by atoms with Crippen LogP contribution in [0.5, 0.6) is 0 Å². The van der Waals surface area contributed by atoms with Crippen LogP contribution in [0.15, 0.2) is 181 Å². The van der Waals surface area contributed by atoms with E-state index in [1.807, 2.05) is 292 Å². The van der Waals surface area contributed by atoms with Gasteiger partial charge in [0.25, 0.3) is 0 Å². The van der Waals surface area contributed by atoms with Crippen molar-refractivity contribution in [2.24, 2.45) is 7.05 Å². The van der Waals surface area contributed by atoms with Gasteiger partial charge in [-0.3, -0.25) is 4.98 Å². The molecular formula is C58H104N6OS. The topological polar surface area (TPSA) is 82.5 Å². The molecule has 0 amide bonds. The fourth-order valence-electron chi connectivity index (χ4n) is 3.11. The Hall–Kier alpha value is -5.47. The number of aromatic nitrogens is 6. The number of furan rings is 1. The van der Waals surface area contributed by atoms with Gasteiger partial charge in [0.1, 0.15) is 19.0 Å². The molecule has 6 aromatic heterocycles. The number of benzene rings is 2. The Morgan fingerprint density at radius 2 is 0.697 bits per heavy atom. The number of fused-ring (bicyclic) bond motifs is 2. The van der Waals surface area contributed by atoms with Crippen LogP contribution in [0.25, 0.3) is 21.8 Å². The summed E-state index contributed by atoms with van der Waals surface area (Å²) in [7, 11) is 2.00. The van der Waals surface area contributed by atoms with E-state index in [0.717, 1.165) is 11.0 Å². The Morgan fingerprint density at radius 1 is 0.364 bits per heavy atom. The van der Waals surface area contributed by atoms with E-state index in [0.29, 0.717) is 0 Å². The van der Waals surface area contributed by atoms with Crippen molar-refractivity contribution < 1.29 is 4.42 Å². The molecule has 0 saturated carbocycles. The highest BCUT2D eigenvalue weighted by Crippen LogP contribution is 2.18. The predicted octanol–water partition coefficient (Wildman–Crippen LogP) is 20.7. The number of rotatable bonds is 0. The van der Waals surface area contributed by atoms with Crippen LogP contribution >= 0.6 is 11.3 Å². The first-order chi connectivity index (χ1) is 32.8. The van der Waals surface area contributed by atoms with Crippen LogP contribution in [0.4, 0.5) is 0 Å². The van der Waals surface area contributed by atoms with Gasteiger partial charge in [0, 0.05) is 42.6 Å². The molecule has 378 valence electrons. The first-order valence-corrected chi connectivity index (χ1v) is 25.9. The number of aryl methyl sites for hydroxylation is 1. The molecule has 0 saturated heterocycles. The summed E-state index contributed by atoms with van der Waals surface area (Å²) in [5.41, 5.74) is 2.12. The summed E-state index contributed by atoms with van der Waals surface area (Å²) < 4.78 is 6.58. The molecule has 0 radical (unpaired) electrons. The molecule has 0 N–H and O–H groups in total. The highest BCUT2D eigenvalue weighted by molar-refractivity contribution is 7.07. The number of nitrogens with zero attached hydrogens (tertiary/aromatic N) is 6. The lowest BCUT2D eigenvalue weighted by atomic mass is 10.1. The van der Waals surface area contributed by atoms with Gasteiger partial charge in [-0.2, -0.15) is 11.3 Å². The van der Waals surface area contributed by atoms with Crippen molar-refractivity contribution >= 4 is 33.1 Å². The SMILES string of the molecule is CC.CC.CC.CC.CC.CC.CC.CC.CC.CC.CC.CC.Cn1cccc1.c1ccc2nc3ccccc3cc2c1.c1ccncc1.c1ccoc1.c1ccsc1.c1ncncn1. The van der Waals surface area contributed by atoms with Crippen molar-refractivity contribution in [2.75, 3.05) is 0 Å². The van der Waals surface area contributed by atoms with Gasteiger partial charge in [-0.25, -0.2) is 19.9 Å². The van der Waals surface area contributed by atoms with Gasteiger partial charge >= 0.3 is 0 Å². The van der Waals surface area contributed by atoms with Gasteiger partial charge in [-0.05, 0) is 65.4 Å². The molecule has 7 nitrogen and oxygen atoms in total. The summed E-state index contributed by atoms with van der Waals surface area (Å²) in [5, 5.41) is 6.48. The Bertz CT molecular complexity index is 1430. The Labute approximate surface area is 414 Å². The summed E-state index contributed by atoms with van der Waals surface area (Å²) in [6.45, 7) is 48.0. The molecule has 8 heteroatoms. The Kier molecular flexibility index (Phi) is 125. The minimum Gasteiger partial charge on any atom is -0.473 e. The molecule has 0 aliphatic rings. The first kappa shape index (κ1) is 84.0. The summed E-state index contributed by atoms with van der Waals surface area (Å²) in [5.74, 6) is 0. The molecule has 8 rings (SSSR count). The van der Waals surface area contributed by atoms with E-state index in [4.69, 9.17) is 0 Å². The van der Waals surface area contributed by atoms with Gasteiger partial charge in [0.05, 0.1) is 23.6 Å². The van der Waals surface area contributed by atoms with Crippen molar-refractivity contribution in [3.63, 3.8) is 0 Å². The number of thiophene rings is 1. The van der Waals surface area contributed by atoms with E-state index >= 15 is 0 Å². The lowest BCUT2D eigenvalue weighted by molar-refractivity contribution is 0.567. The molecule has 0 fully saturated rings. The zero-order valence-electron chi connectivity index (χ0n) is 47.2. The highest BCUT2D eigenvalue weighted by Gasteiger charge is 1.96. The van der Waals surface area contributed by atoms with Crippen LogP contribution in [0.2, 0.25) is 0 Å². The van der Waals surface area contributed by atoms with Crippen molar-refractivity contribution in [1.29, 1.82) is 0 Å². The molecule has 0 aliphatic carbocycles. The highest BCUT2D eigenvalue weighted by atomic mass is 32.1. The smallest absolute Gasteiger partial charge is 0.119 e. The Balaban J connectivity index is -0.0000000671. The quantitative estimate of drug-likeness (QED) is 0.141.